The molecule has 1 aromatic carbocycles. The van der Waals surface area contributed by atoms with Crippen LogP contribution >= 0.6 is 0 Å². The van der Waals surface area contributed by atoms with Crippen LogP contribution in [0.1, 0.15) is 26.8 Å². The maximum absolute atomic E-state index is 13.4. The molecule has 1 amide bonds. The molecule has 0 bridgehead atoms. The van der Waals surface area contributed by atoms with E-state index in [1.54, 1.807) is 24.5 Å². The number of ether oxygens (including phenoxy) is 1. The summed E-state index contributed by atoms with van der Waals surface area (Å²) in [5.41, 5.74) is 2.69. The standard InChI is InChI=1S/C21H21FN4O2/c1-21(2,3)28-12-16-19(27)25-20-24-17(13-4-6-15(22)7-5-13)18(26(16)20)14-8-10-23-11-9-14/h4-11,16H,12H2,1-3H3,(H,24,25,27)/t16-/m0/s1. The second-order valence-corrected chi connectivity index (χ2v) is 7.67. The van der Waals surface area contributed by atoms with Crippen molar-refractivity contribution in [1.82, 2.24) is 14.5 Å². The van der Waals surface area contributed by atoms with Crippen molar-refractivity contribution in [2.45, 2.75) is 32.4 Å². The molecular weight excluding hydrogens is 359 g/mol. The summed E-state index contributed by atoms with van der Waals surface area (Å²) in [7, 11) is 0. The Labute approximate surface area is 162 Å². The minimum Gasteiger partial charge on any atom is -0.373 e. The molecule has 1 aliphatic rings. The molecular formula is C21H21FN4O2. The van der Waals surface area contributed by atoms with Crippen molar-refractivity contribution in [1.29, 1.82) is 0 Å². The number of hydrogen-bond acceptors (Lipinski definition) is 4. The summed E-state index contributed by atoms with van der Waals surface area (Å²) < 4.78 is 21.2. The van der Waals surface area contributed by atoms with Gasteiger partial charge in [0.1, 0.15) is 11.9 Å². The molecule has 0 fully saturated rings. The highest BCUT2D eigenvalue weighted by atomic mass is 19.1. The number of nitrogens with one attached hydrogen (secondary N) is 1. The molecule has 0 saturated carbocycles. The summed E-state index contributed by atoms with van der Waals surface area (Å²) in [5, 5.41) is 2.84. The maximum Gasteiger partial charge on any atom is 0.252 e. The lowest BCUT2D eigenvalue weighted by Crippen LogP contribution is -2.28. The van der Waals surface area contributed by atoms with Gasteiger partial charge in [-0.15, -0.1) is 0 Å². The molecule has 7 heteroatoms. The van der Waals surface area contributed by atoms with Crippen LogP contribution in [0, 0.1) is 5.82 Å². The first-order valence-corrected chi connectivity index (χ1v) is 9.07. The van der Waals surface area contributed by atoms with Crippen LogP contribution in [0.3, 0.4) is 0 Å². The van der Waals surface area contributed by atoms with Gasteiger partial charge in [0.25, 0.3) is 5.91 Å². The number of amides is 1. The highest BCUT2D eigenvalue weighted by Gasteiger charge is 2.37. The normalized spacial score (nSPS) is 16.1. The molecule has 0 radical (unpaired) electrons. The molecule has 0 unspecified atom stereocenters. The molecule has 4 rings (SSSR count). The number of nitrogens with zero attached hydrogens (tertiary/aromatic N) is 3. The molecule has 1 aliphatic heterocycles. The Hall–Kier alpha value is -3.06. The monoisotopic (exact) mass is 380 g/mol. The molecule has 0 aliphatic carbocycles. The number of halogens is 1. The first-order valence-electron chi connectivity index (χ1n) is 9.07. The van der Waals surface area contributed by atoms with Crippen LogP contribution in [0.4, 0.5) is 10.3 Å². The Morgan fingerprint density at radius 3 is 2.43 bits per heavy atom. The van der Waals surface area contributed by atoms with Gasteiger partial charge in [0.05, 0.1) is 23.6 Å². The zero-order chi connectivity index (χ0) is 19.9. The van der Waals surface area contributed by atoms with Crippen molar-refractivity contribution in [3.8, 4) is 22.5 Å². The highest BCUT2D eigenvalue weighted by Crippen LogP contribution is 2.40. The van der Waals surface area contributed by atoms with Crippen LogP contribution in [-0.2, 0) is 9.53 Å². The summed E-state index contributed by atoms with van der Waals surface area (Å²) in [6.45, 7) is 6.06. The molecule has 0 spiro atoms. The van der Waals surface area contributed by atoms with E-state index >= 15 is 0 Å². The van der Waals surface area contributed by atoms with Crippen molar-refractivity contribution in [3.05, 3.63) is 54.6 Å². The zero-order valence-electron chi connectivity index (χ0n) is 15.9. The third-order valence-electron chi connectivity index (χ3n) is 4.51. The second kappa shape index (κ2) is 6.83. The highest BCUT2D eigenvalue weighted by molar-refractivity contribution is 5.99. The smallest absolute Gasteiger partial charge is 0.252 e. The Balaban J connectivity index is 1.86. The van der Waals surface area contributed by atoms with Gasteiger partial charge < -0.3 is 4.74 Å². The molecule has 1 atom stereocenters. The first-order chi connectivity index (χ1) is 13.3. The molecule has 144 valence electrons. The fourth-order valence-electron chi connectivity index (χ4n) is 3.21. The number of hydrogen-bond donors (Lipinski definition) is 1. The molecule has 2 aromatic heterocycles. The van der Waals surface area contributed by atoms with E-state index in [0.29, 0.717) is 11.6 Å². The quantitative estimate of drug-likeness (QED) is 0.741. The molecule has 0 saturated heterocycles. The Kier molecular flexibility index (Phi) is 4.47. The number of carbonyl (C=O) groups is 1. The van der Waals surface area contributed by atoms with E-state index in [4.69, 9.17) is 4.74 Å². The van der Waals surface area contributed by atoms with E-state index < -0.39 is 6.04 Å². The van der Waals surface area contributed by atoms with E-state index in [1.807, 2.05) is 37.5 Å². The van der Waals surface area contributed by atoms with Crippen LogP contribution in [-0.4, -0.2) is 32.7 Å². The number of imidazole rings is 1. The van der Waals surface area contributed by atoms with Gasteiger partial charge in [-0.3, -0.25) is 19.7 Å². The van der Waals surface area contributed by atoms with Crippen LogP contribution in [0.25, 0.3) is 22.5 Å². The van der Waals surface area contributed by atoms with Crippen LogP contribution in [0.5, 0.6) is 0 Å². The minimum absolute atomic E-state index is 0.160. The summed E-state index contributed by atoms with van der Waals surface area (Å²) in [4.78, 5) is 21.3. The molecule has 3 aromatic rings. The number of carbonyl (C=O) groups excluding carboxylic acids is 1. The number of pyridine rings is 1. The minimum atomic E-state index is -0.543. The third kappa shape index (κ3) is 3.41. The van der Waals surface area contributed by atoms with Gasteiger partial charge in [-0.25, -0.2) is 9.37 Å². The number of benzene rings is 1. The fourth-order valence-corrected chi connectivity index (χ4v) is 3.21. The molecule has 1 N–H and O–H groups in total. The largest absolute Gasteiger partial charge is 0.373 e. The lowest BCUT2D eigenvalue weighted by molar-refractivity contribution is -0.121. The topological polar surface area (TPSA) is 69.0 Å². The van der Waals surface area contributed by atoms with Gasteiger partial charge in [0.2, 0.25) is 5.95 Å². The molecule has 6 nitrogen and oxygen atoms in total. The lowest BCUT2D eigenvalue weighted by Gasteiger charge is -2.23. The van der Waals surface area contributed by atoms with Gasteiger partial charge in [0, 0.05) is 23.5 Å². The average molecular weight is 380 g/mol. The van der Waals surface area contributed by atoms with Crippen LogP contribution < -0.4 is 5.32 Å². The average Bonchev–Trinajstić information content (AvgIpc) is 3.15. The van der Waals surface area contributed by atoms with Crippen molar-refractivity contribution in [2.24, 2.45) is 0 Å². The Morgan fingerprint density at radius 2 is 1.79 bits per heavy atom. The predicted molar refractivity (Wildman–Crippen MR) is 104 cm³/mol. The zero-order valence-corrected chi connectivity index (χ0v) is 15.9. The van der Waals surface area contributed by atoms with Crippen molar-refractivity contribution in [3.63, 3.8) is 0 Å². The van der Waals surface area contributed by atoms with Crippen molar-refractivity contribution < 1.29 is 13.9 Å². The van der Waals surface area contributed by atoms with Gasteiger partial charge in [0.15, 0.2) is 0 Å². The number of rotatable bonds is 4. The maximum atomic E-state index is 13.4. The summed E-state index contributed by atoms with van der Waals surface area (Å²) in [6.07, 6.45) is 3.38. The van der Waals surface area contributed by atoms with E-state index in [1.165, 1.54) is 12.1 Å². The number of fused-ring (bicyclic) bond motifs is 1. The van der Waals surface area contributed by atoms with E-state index in [2.05, 4.69) is 15.3 Å². The Morgan fingerprint density at radius 1 is 1.11 bits per heavy atom. The molecule has 3 heterocycles. The lowest BCUT2D eigenvalue weighted by atomic mass is 10.0. The summed E-state index contributed by atoms with van der Waals surface area (Å²) in [5.74, 6) is -0.0166. The number of anilines is 1. The van der Waals surface area contributed by atoms with Gasteiger partial charge in [-0.1, -0.05) is 0 Å². The van der Waals surface area contributed by atoms with Gasteiger partial charge in [-0.2, -0.15) is 0 Å². The van der Waals surface area contributed by atoms with Crippen molar-refractivity contribution in [2.75, 3.05) is 11.9 Å². The van der Waals surface area contributed by atoms with E-state index in [0.717, 1.165) is 16.8 Å². The third-order valence-corrected chi connectivity index (χ3v) is 4.51. The number of aromatic nitrogens is 3. The second-order valence-electron chi connectivity index (χ2n) is 7.67. The first kappa shape index (κ1) is 18.3. The van der Waals surface area contributed by atoms with Crippen LogP contribution in [0.15, 0.2) is 48.8 Å². The Bertz CT molecular complexity index is 1010. The van der Waals surface area contributed by atoms with Gasteiger partial charge >= 0.3 is 0 Å². The summed E-state index contributed by atoms with van der Waals surface area (Å²) in [6, 6.07) is 9.34. The fraction of sp³-hybridized carbons (Fsp3) is 0.286. The van der Waals surface area contributed by atoms with Gasteiger partial charge in [-0.05, 0) is 57.2 Å². The van der Waals surface area contributed by atoms with E-state index in [9.17, 15) is 9.18 Å². The SMILES string of the molecule is CC(C)(C)OC[C@H]1C(=O)Nc2nc(-c3ccc(F)cc3)c(-c3ccncc3)n21. The van der Waals surface area contributed by atoms with Crippen LogP contribution in [0.2, 0.25) is 0 Å². The molecule has 28 heavy (non-hydrogen) atoms. The summed E-state index contributed by atoms with van der Waals surface area (Å²) >= 11 is 0. The van der Waals surface area contributed by atoms with Crippen molar-refractivity contribution >= 4 is 11.9 Å². The van der Waals surface area contributed by atoms with E-state index in [-0.39, 0.29) is 23.9 Å². The predicted octanol–water partition coefficient (Wildman–Crippen LogP) is 4.06.